The van der Waals surface area contributed by atoms with E-state index in [1.807, 2.05) is 18.2 Å². The van der Waals surface area contributed by atoms with Crippen molar-refractivity contribution in [1.29, 1.82) is 0 Å². The van der Waals surface area contributed by atoms with Crippen molar-refractivity contribution in [1.82, 2.24) is 4.98 Å². The fraction of sp³-hybridized carbons (Fsp3) is 0.533. The van der Waals surface area contributed by atoms with Crippen molar-refractivity contribution in [3.05, 3.63) is 24.1 Å². The summed E-state index contributed by atoms with van der Waals surface area (Å²) in [5.41, 5.74) is 8.46. The van der Waals surface area contributed by atoms with Gasteiger partial charge in [0, 0.05) is 18.2 Å². The molecule has 0 saturated heterocycles. The number of fused-ring (bicyclic) bond motifs is 1. The lowest BCUT2D eigenvalue weighted by Crippen LogP contribution is -2.12. The van der Waals surface area contributed by atoms with Gasteiger partial charge in [0.05, 0.1) is 0 Å². The number of aromatic nitrogens is 1. The summed E-state index contributed by atoms with van der Waals surface area (Å²) in [6.45, 7) is 9.03. The summed E-state index contributed by atoms with van der Waals surface area (Å²) < 4.78 is 5.74. The minimum atomic E-state index is 0.343. The van der Waals surface area contributed by atoms with Crippen LogP contribution in [0.15, 0.2) is 22.6 Å². The van der Waals surface area contributed by atoms with Crippen LogP contribution < -0.4 is 5.73 Å². The molecule has 0 amide bonds. The number of hydrogen-bond acceptors (Lipinski definition) is 3. The van der Waals surface area contributed by atoms with Crippen LogP contribution in [0.1, 0.15) is 40.0 Å². The Morgan fingerprint density at radius 1 is 1.33 bits per heavy atom. The molecular weight excluding hydrogens is 224 g/mol. The third kappa shape index (κ3) is 3.25. The molecule has 0 aliphatic carbocycles. The van der Waals surface area contributed by atoms with Crippen LogP contribution in [0.25, 0.3) is 11.1 Å². The van der Waals surface area contributed by atoms with E-state index >= 15 is 0 Å². The number of benzene rings is 1. The molecule has 0 bridgehead atoms. The van der Waals surface area contributed by atoms with Gasteiger partial charge in [-0.15, -0.1) is 0 Å². The molecule has 1 atom stereocenters. The van der Waals surface area contributed by atoms with E-state index in [0.717, 1.165) is 29.8 Å². The Labute approximate surface area is 108 Å². The van der Waals surface area contributed by atoms with Crippen LogP contribution >= 0.6 is 0 Å². The summed E-state index contributed by atoms with van der Waals surface area (Å²) in [4.78, 5) is 4.50. The molecule has 0 aliphatic heterocycles. The molecule has 2 N–H and O–H groups in total. The van der Waals surface area contributed by atoms with E-state index in [4.69, 9.17) is 10.2 Å². The van der Waals surface area contributed by atoms with E-state index in [-0.39, 0.29) is 0 Å². The molecule has 2 rings (SSSR count). The maximum absolute atomic E-state index is 5.74. The van der Waals surface area contributed by atoms with Crippen LogP contribution in [-0.2, 0) is 6.42 Å². The monoisotopic (exact) mass is 246 g/mol. The fourth-order valence-corrected chi connectivity index (χ4v) is 2.49. The van der Waals surface area contributed by atoms with Crippen molar-refractivity contribution in [3.8, 4) is 0 Å². The zero-order valence-electron chi connectivity index (χ0n) is 11.7. The Bertz CT molecular complexity index is 537. The van der Waals surface area contributed by atoms with Gasteiger partial charge < -0.3 is 10.2 Å². The van der Waals surface area contributed by atoms with E-state index in [1.165, 1.54) is 0 Å². The van der Waals surface area contributed by atoms with Gasteiger partial charge in [0.15, 0.2) is 11.5 Å². The number of nitrogens with two attached hydrogens (primary N) is 1. The molecule has 98 valence electrons. The van der Waals surface area contributed by atoms with Crippen LogP contribution in [0.4, 0.5) is 5.69 Å². The Hall–Kier alpha value is -1.51. The molecule has 2 aromatic rings. The first kappa shape index (κ1) is 12.9. The molecule has 3 nitrogen and oxygen atoms in total. The van der Waals surface area contributed by atoms with Crippen molar-refractivity contribution < 1.29 is 4.42 Å². The summed E-state index contributed by atoms with van der Waals surface area (Å²) in [6, 6.07) is 5.60. The van der Waals surface area contributed by atoms with Crippen molar-refractivity contribution >= 4 is 16.8 Å². The van der Waals surface area contributed by atoms with Crippen LogP contribution in [0.3, 0.4) is 0 Å². The van der Waals surface area contributed by atoms with Gasteiger partial charge in [0.2, 0.25) is 0 Å². The molecule has 1 unspecified atom stereocenters. The second-order valence-electron chi connectivity index (χ2n) is 6.41. The van der Waals surface area contributed by atoms with Crippen LogP contribution in [0.2, 0.25) is 0 Å². The standard InChI is InChI=1S/C15H22N2O/c1-10(9-15(2,3)4)7-14-17-12-6-5-11(16)8-13(12)18-14/h5-6,8,10H,7,9,16H2,1-4H3. The van der Waals surface area contributed by atoms with Gasteiger partial charge in [-0.3, -0.25) is 0 Å². The minimum absolute atomic E-state index is 0.343. The molecule has 0 spiro atoms. The molecule has 0 fully saturated rings. The lowest BCUT2D eigenvalue weighted by molar-refractivity contribution is 0.295. The summed E-state index contributed by atoms with van der Waals surface area (Å²) in [5.74, 6) is 1.38. The lowest BCUT2D eigenvalue weighted by atomic mass is 9.84. The Morgan fingerprint density at radius 2 is 2.06 bits per heavy atom. The number of rotatable bonds is 3. The fourth-order valence-electron chi connectivity index (χ4n) is 2.49. The predicted octanol–water partition coefficient (Wildman–Crippen LogP) is 4.02. The highest BCUT2D eigenvalue weighted by Gasteiger charge is 2.17. The first-order valence-corrected chi connectivity index (χ1v) is 6.48. The van der Waals surface area contributed by atoms with Gasteiger partial charge in [-0.1, -0.05) is 27.7 Å². The van der Waals surface area contributed by atoms with Crippen molar-refractivity contribution in [2.24, 2.45) is 11.3 Å². The van der Waals surface area contributed by atoms with Gasteiger partial charge in [0.1, 0.15) is 5.52 Å². The normalized spacial score (nSPS) is 14.0. The largest absolute Gasteiger partial charge is 0.441 e. The second-order valence-corrected chi connectivity index (χ2v) is 6.41. The highest BCUT2D eigenvalue weighted by atomic mass is 16.3. The molecule has 18 heavy (non-hydrogen) atoms. The quantitative estimate of drug-likeness (QED) is 0.832. The summed E-state index contributed by atoms with van der Waals surface area (Å²) in [5, 5.41) is 0. The van der Waals surface area contributed by atoms with Gasteiger partial charge in [-0.2, -0.15) is 0 Å². The van der Waals surface area contributed by atoms with E-state index < -0.39 is 0 Å². The smallest absolute Gasteiger partial charge is 0.195 e. The number of nitrogen functional groups attached to an aromatic ring is 1. The van der Waals surface area contributed by atoms with Gasteiger partial charge in [-0.05, 0) is 29.9 Å². The van der Waals surface area contributed by atoms with Crippen LogP contribution in [-0.4, -0.2) is 4.98 Å². The predicted molar refractivity (Wildman–Crippen MR) is 75.4 cm³/mol. The third-order valence-corrected chi connectivity index (χ3v) is 2.94. The number of nitrogens with zero attached hydrogens (tertiary/aromatic N) is 1. The molecular formula is C15H22N2O. The molecule has 0 saturated carbocycles. The highest BCUT2D eigenvalue weighted by molar-refractivity contribution is 5.76. The molecule has 1 aromatic heterocycles. The van der Waals surface area contributed by atoms with Gasteiger partial charge in [-0.25, -0.2) is 4.98 Å². The SMILES string of the molecule is CC(Cc1nc2ccc(N)cc2o1)CC(C)(C)C. The first-order valence-electron chi connectivity index (χ1n) is 6.48. The maximum atomic E-state index is 5.74. The molecule has 3 heteroatoms. The van der Waals surface area contributed by atoms with E-state index in [1.54, 1.807) is 0 Å². The molecule has 0 radical (unpaired) electrons. The third-order valence-electron chi connectivity index (χ3n) is 2.94. The Kier molecular flexibility index (Phi) is 3.33. The van der Waals surface area contributed by atoms with Crippen molar-refractivity contribution in [2.45, 2.75) is 40.5 Å². The molecule has 1 heterocycles. The maximum Gasteiger partial charge on any atom is 0.195 e. The molecule has 1 aromatic carbocycles. The number of anilines is 1. The average molecular weight is 246 g/mol. The second kappa shape index (κ2) is 4.63. The minimum Gasteiger partial charge on any atom is -0.441 e. The lowest BCUT2D eigenvalue weighted by Gasteiger charge is -2.22. The Morgan fingerprint density at radius 3 is 2.72 bits per heavy atom. The van der Waals surface area contributed by atoms with Crippen molar-refractivity contribution in [3.63, 3.8) is 0 Å². The number of hydrogen-bond donors (Lipinski definition) is 1. The number of oxazole rings is 1. The zero-order chi connectivity index (χ0) is 13.3. The Balaban J connectivity index is 2.12. The van der Waals surface area contributed by atoms with E-state index in [9.17, 15) is 0 Å². The van der Waals surface area contributed by atoms with Crippen molar-refractivity contribution in [2.75, 3.05) is 5.73 Å². The average Bonchev–Trinajstić information content (AvgIpc) is 2.55. The highest BCUT2D eigenvalue weighted by Crippen LogP contribution is 2.27. The first-order chi connectivity index (χ1) is 8.33. The van der Waals surface area contributed by atoms with E-state index in [2.05, 4.69) is 32.7 Å². The van der Waals surface area contributed by atoms with E-state index in [0.29, 0.717) is 17.0 Å². The summed E-state index contributed by atoms with van der Waals surface area (Å²) in [7, 11) is 0. The van der Waals surface area contributed by atoms with Gasteiger partial charge in [0.25, 0.3) is 0 Å². The molecule has 0 aliphatic rings. The van der Waals surface area contributed by atoms with Crippen LogP contribution in [0, 0.1) is 11.3 Å². The zero-order valence-corrected chi connectivity index (χ0v) is 11.7. The topological polar surface area (TPSA) is 52.0 Å². The summed E-state index contributed by atoms with van der Waals surface area (Å²) >= 11 is 0. The van der Waals surface area contributed by atoms with Gasteiger partial charge >= 0.3 is 0 Å². The van der Waals surface area contributed by atoms with Crippen LogP contribution in [0.5, 0.6) is 0 Å². The summed E-state index contributed by atoms with van der Waals surface area (Å²) in [6.07, 6.45) is 2.04.